The molecule has 0 bridgehead atoms. The Morgan fingerprint density at radius 2 is 2.14 bits per heavy atom. The van der Waals surface area contributed by atoms with Gasteiger partial charge in [-0.3, -0.25) is 0 Å². The average molecular weight is 199 g/mol. The molecule has 78 valence electrons. The quantitative estimate of drug-likeness (QED) is 0.499. The third-order valence-electron chi connectivity index (χ3n) is 2.04. The molecule has 14 heavy (non-hydrogen) atoms. The Hall–Kier alpha value is -1.52. The number of rotatable bonds is 2. The fourth-order valence-electron chi connectivity index (χ4n) is 1.30. The lowest BCUT2D eigenvalue weighted by Crippen LogP contribution is -2.31. The standard InChI is InChI=1S/C9H13NO4/c1-13-8(11)5-6-3-4-7(10-6)9(12)14-2/h5,7,10H,3-4H2,1-2H3/b6-5+/t7-/m1/s1. The van der Waals surface area contributed by atoms with Crippen LogP contribution in [0.3, 0.4) is 0 Å². The Labute approximate surface area is 82.1 Å². The number of nitrogens with one attached hydrogen (secondary N) is 1. The van der Waals surface area contributed by atoms with E-state index in [2.05, 4.69) is 14.8 Å². The average Bonchev–Trinajstić information content (AvgIpc) is 2.65. The molecule has 0 aromatic carbocycles. The molecule has 0 saturated carbocycles. The third kappa shape index (κ3) is 2.48. The normalized spacial score (nSPS) is 23.0. The van der Waals surface area contributed by atoms with E-state index in [1.807, 2.05) is 0 Å². The van der Waals surface area contributed by atoms with Crippen LogP contribution in [0.4, 0.5) is 0 Å². The minimum atomic E-state index is -0.419. The van der Waals surface area contributed by atoms with Crippen LogP contribution < -0.4 is 5.32 Å². The van der Waals surface area contributed by atoms with Crippen LogP contribution in [-0.2, 0) is 19.1 Å². The van der Waals surface area contributed by atoms with E-state index in [9.17, 15) is 9.59 Å². The number of hydrogen-bond acceptors (Lipinski definition) is 5. The van der Waals surface area contributed by atoms with E-state index in [1.165, 1.54) is 20.3 Å². The molecule has 1 aliphatic rings. The molecule has 0 amide bonds. The highest BCUT2D eigenvalue weighted by atomic mass is 16.5. The van der Waals surface area contributed by atoms with Crippen LogP contribution in [0.5, 0.6) is 0 Å². The van der Waals surface area contributed by atoms with Gasteiger partial charge in [0.15, 0.2) is 0 Å². The van der Waals surface area contributed by atoms with Gasteiger partial charge in [0.1, 0.15) is 6.04 Å². The molecule has 0 spiro atoms. The molecule has 1 heterocycles. The highest BCUT2D eigenvalue weighted by Gasteiger charge is 2.25. The first kappa shape index (κ1) is 10.6. The van der Waals surface area contributed by atoms with Gasteiger partial charge in [0.2, 0.25) is 0 Å². The minimum Gasteiger partial charge on any atom is -0.467 e. The van der Waals surface area contributed by atoms with Crippen LogP contribution in [0.2, 0.25) is 0 Å². The van der Waals surface area contributed by atoms with Gasteiger partial charge in [-0.15, -0.1) is 0 Å². The zero-order valence-electron chi connectivity index (χ0n) is 8.20. The van der Waals surface area contributed by atoms with Gasteiger partial charge in [-0.25, -0.2) is 9.59 Å². The van der Waals surface area contributed by atoms with Crippen molar-refractivity contribution >= 4 is 11.9 Å². The molecule has 0 aromatic heterocycles. The first-order chi connectivity index (χ1) is 6.67. The Bertz CT molecular complexity index is 272. The molecular formula is C9H13NO4. The molecule has 0 aliphatic carbocycles. The summed E-state index contributed by atoms with van der Waals surface area (Å²) < 4.78 is 9.03. The van der Waals surface area contributed by atoms with Crippen LogP contribution in [0, 0.1) is 0 Å². The molecule has 0 unspecified atom stereocenters. The Balaban J connectivity index is 2.53. The van der Waals surface area contributed by atoms with E-state index in [4.69, 9.17) is 0 Å². The lowest BCUT2D eigenvalue weighted by molar-refractivity contribution is -0.142. The summed E-state index contributed by atoms with van der Waals surface area (Å²) in [6.45, 7) is 0. The zero-order chi connectivity index (χ0) is 10.6. The van der Waals surface area contributed by atoms with Crippen LogP contribution in [0.15, 0.2) is 11.8 Å². The number of allylic oxidation sites excluding steroid dienone is 1. The van der Waals surface area contributed by atoms with Crippen molar-refractivity contribution in [3.8, 4) is 0 Å². The molecule has 1 fully saturated rings. The van der Waals surface area contributed by atoms with E-state index in [-0.39, 0.29) is 12.0 Å². The Morgan fingerprint density at radius 1 is 1.43 bits per heavy atom. The first-order valence-corrected chi connectivity index (χ1v) is 4.30. The fourth-order valence-corrected chi connectivity index (χ4v) is 1.30. The molecule has 0 radical (unpaired) electrons. The van der Waals surface area contributed by atoms with Gasteiger partial charge in [0.25, 0.3) is 0 Å². The van der Waals surface area contributed by atoms with Crippen molar-refractivity contribution in [3.05, 3.63) is 11.8 Å². The SMILES string of the molecule is COC(=O)/C=C1\CC[C@H](C(=O)OC)N1. The second-order valence-corrected chi connectivity index (χ2v) is 2.95. The van der Waals surface area contributed by atoms with Gasteiger partial charge >= 0.3 is 11.9 Å². The van der Waals surface area contributed by atoms with Crippen molar-refractivity contribution in [3.63, 3.8) is 0 Å². The second kappa shape index (κ2) is 4.64. The molecular weight excluding hydrogens is 186 g/mol. The maximum absolute atomic E-state index is 11.1. The van der Waals surface area contributed by atoms with Gasteiger partial charge < -0.3 is 14.8 Å². The lowest BCUT2D eigenvalue weighted by Gasteiger charge is -2.07. The van der Waals surface area contributed by atoms with Crippen LogP contribution in [-0.4, -0.2) is 32.2 Å². The van der Waals surface area contributed by atoms with Gasteiger partial charge in [-0.1, -0.05) is 0 Å². The smallest absolute Gasteiger partial charge is 0.332 e. The summed E-state index contributed by atoms with van der Waals surface area (Å²) in [5.74, 6) is -0.726. The minimum absolute atomic E-state index is 0.307. The number of methoxy groups -OCH3 is 2. The van der Waals surface area contributed by atoms with Crippen molar-refractivity contribution in [1.29, 1.82) is 0 Å². The summed E-state index contributed by atoms with van der Waals surface area (Å²) in [6.07, 6.45) is 2.66. The van der Waals surface area contributed by atoms with Crippen LogP contribution in [0.25, 0.3) is 0 Å². The molecule has 1 rings (SSSR count). The zero-order valence-corrected chi connectivity index (χ0v) is 8.20. The Morgan fingerprint density at radius 3 is 2.71 bits per heavy atom. The summed E-state index contributed by atoms with van der Waals surface area (Å²) in [4.78, 5) is 21.9. The topological polar surface area (TPSA) is 64.6 Å². The number of ether oxygens (including phenoxy) is 2. The number of carbonyl (C=O) groups is 2. The molecule has 5 nitrogen and oxygen atoms in total. The largest absolute Gasteiger partial charge is 0.467 e. The summed E-state index contributed by atoms with van der Waals surface area (Å²) in [7, 11) is 2.65. The predicted molar refractivity (Wildman–Crippen MR) is 48.3 cm³/mol. The highest BCUT2D eigenvalue weighted by molar-refractivity contribution is 5.83. The lowest BCUT2D eigenvalue weighted by atomic mass is 10.2. The fraction of sp³-hybridized carbons (Fsp3) is 0.556. The van der Waals surface area contributed by atoms with Gasteiger partial charge in [0.05, 0.1) is 14.2 Å². The maximum atomic E-state index is 11.1. The van der Waals surface area contributed by atoms with E-state index < -0.39 is 5.97 Å². The highest BCUT2D eigenvalue weighted by Crippen LogP contribution is 2.16. The van der Waals surface area contributed by atoms with E-state index in [1.54, 1.807) is 0 Å². The molecule has 1 N–H and O–H groups in total. The van der Waals surface area contributed by atoms with E-state index in [0.29, 0.717) is 18.5 Å². The summed E-state index contributed by atoms with van der Waals surface area (Å²) >= 11 is 0. The maximum Gasteiger partial charge on any atom is 0.332 e. The summed E-state index contributed by atoms with van der Waals surface area (Å²) in [5.41, 5.74) is 0.715. The van der Waals surface area contributed by atoms with Crippen LogP contribution >= 0.6 is 0 Å². The molecule has 1 aliphatic heterocycles. The Kier molecular flexibility index (Phi) is 3.50. The number of esters is 2. The van der Waals surface area contributed by atoms with Crippen molar-refractivity contribution in [1.82, 2.24) is 5.32 Å². The van der Waals surface area contributed by atoms with Gasteiger partial charge in [-0.2, -0.15) is 0 Å². The van der Waals surface area contributed by atoms with Crippen molar-refractivity contribution in [2.24, 2.45) is 0 Å². The predicted octanol–water partition coefficient (Wildman–Crippen LogP) is -0.0317. The second-order valence-electron chi connectivity index (χ2n) is 2.95. The van der Waals surface area contributed by atoms with Crippen molar-refractivity contribution in [2.75, 3.05) is 14.2 Å². The van der Waals surface area contributed by atoms with Gasteiger partial charge in [-0.05, 0) is 12.8 Å². The van der Waals surface area contributed by atoms with E-state index in [0.717, 1.165) is 0 Å². The van der Waals surface area contributed by atoms with Gasteiger partial charge in [0, 0.05) is 11.8 Å². The molecule has 0 aromatic rings. The number of carbonyl (C=O) groups excluding carboxylic acids is 2. The van der Waals surface area contributed by atoms with Crippen LogP contribution in [0.1, 0.15) is 12.8 Å². The first-order valence-electron chi connectivity index (χ1n) is 4.30. The summed E-state index contributed by atoms with van der Waals surface area (Å²) in [5, 5.41) is 2.89. The third-order valence-corrected chi connectivity index (χ3v) is 2.04. The molecule has 1 saturated heterocycles. The van der Waals surface area contributed by atoms with Crippen molar-refractivity contribution in [2.45, 2.75) is 18.9 Å². The summed E-state index contributed by atoms with van der Waals surface area (Å²) in [6, 6.07) is -0.337. The van der Waals surface area contributed by atoms with E-state index >= 15 is 0 Å². The molecule has 5 heteroatoms. The monoisotopic (exact) mass is 199 g/mol. The van der Waals surface area contributed by atoms with Crippen molar-refractivity contribution < 1.29 is 19.1 Å². The molecule has 1 atom stereocenters. The number of hydrogen-bond donors (Lipinski definition) is 1.